The molecular formula is C23H12Br4O5. The Hall–Kier alpha value is -1.68. The predicted octanol–water partition coefficient (Wildman–Crippen LogP) is 7.54. The third-order valence-corrected chi connectivity index (χ3v) is 8.60. The lowest BCUT2D eigenvalue weighted by atomic mass is 9.77. The van der Waals surface area contributed by atoms with Gasteiger partial charge in [-0.15, -0.1) is 0 Å². The molecule has 0 aliphatic carbocycles. The highest BCUT2D eigenvalue weighted by Gasteiger charge is 2.55. The van der Waals surface area contributed by atoms with Gasteiger partial charge in [-0.2, -0.15) is 0 Å². The summed E-state index contributed by atoms with van der Waals surface area (Å²) in [6.45, 7) is 3.26. The lowest BCUT2D eigenvalue weighted by Crippen LogP contribution is -2.33. The first-order valence-corrected chi connectivity index (χ1v) is 12.5. The molecule has 1 unspecified atom stereocenters. The molecule has 3 aromatic carbocycles. The van der Waals surface area contributed by atoms with E-state index < -0.39 is 17.5 Å². The van der Waals surface area contributed by atoms with Crippen LogP contribution in [0, 0.1) is 6.92 Å². The lowest BCUT2D eigenvalue weighted by molar-refractivity contribution is -0.131. The van der Waals surface area contributed by atoms with Gasteiger partial charge in [-0.3, -0.25) is 4.79 Å². The molecule has 9 heteroatoms. The van der Waals surface area contributed by atoms with Crippen molar-refractivity contribution in [3.8, 4) is 17.2 Å². The fraction of sp³-hybridized carbons (Fsp3) is 0.130. The zero-order valence-corrected chi connectivity index (χ0v) is 22.9. The maximum atomic E-state index is 13.0. The summed E-state index contributed by atoms with van der Waals surface area (Å²) < 4.78 is 20.5. The largest absolute Gasteiger partial charge is 0.454 e. The first-order chi connectivity index (χ1) is 15.2. The van der Waals surface area contributed by atoms with Gasteiger partial charge in [0.1, 0.15) is 10.2 Å². The molecule has 0 fully saturated rings. The third-order valence-electron chi connectivity index (χ3n) is 5.51. The molecule has 2 aliphatic rings. The van der Waals surface area contributed by atoms with Gasteiger partial charge in [0.15, 0.2) is 17.1 Å². The fourth-order valence-electron chi connectivity index (χ4n) is 4.10. The van der Waals surface area contributed by atoms with Crippen molar-refractivity contribution in [1.82, 2.24) is 0 Å². The normalized spacial score (nSPS) is 17.9. The Morgan fingerprint density at radius 1 is 0.938 bits per heavy atom. The van der Waals surface area contributed by atoms with Crippen LogP contribution in [0.2, 0.25) is 0 Å². The molecule has 0 N–H and O–H groups in total. The van der Waals surface area contributed by atoms with Crippen molar-refractivity contribution in [1.29, 1.82) is 0 Å². The van der Waals surface area contributed by atoms with Crippen LogP contribution in [0.5, 0.6) is 17.2 Å². The number of halogens is 4. The average Bonchev–Trinajstić information content (AvgIpc) is 3.05. The van der Waals surface area contributed by atoms with Gasteiger partial charge in [-0.1, -0.05) is 34.1 Å². The average molecular weight is 688 g/mol. The Balaban J connectivity index is 1.93. The molecule has 0 saturated carbocycles. The summed E-state index contributed by atoms with van der Waals surface area (Å²) in [4.78, 5) is 24.7. The van der Waals surface area contributed by atoms with E-state index in [0.717, 1.165) is 14.5 Å². The highest BCUT2D eigenvalue weighted by Crippen LogP contribution is 2.61. The number of rotatable bonds is 1. The number of esters is 2. The van der Waals surface area contributed by atoms with Crippen LogP contribution in [0.1, 0.15) is 39.5 Å². The molecule has 1 spiro atoms. The molecule has 5 nitrogen and oxygen atoms in total. The van der Waals surface area contributed by atoms with Gasteiger partial charge >= 0.3 is 11.9 Å². The number of ether oxygens (including phenoxy) is 3. The van der Waals surface area contributed by atoms with Crippen LogP contribution in [-0.2, 0) is 15.1 Å². The first kappa shape index (κ1) is 22.1. The highest BCUT2D eigenvalue weighted by atomic mass is 79.9. The second kappa shape index (κ2) is 7.68. The van der Waals surface area contributed by atoms with Crippen LogP contribution in [-0.4, -0.2) is 11.9 Å². The standard InChI is InChI=1S/C23H12Br4O5/c1-9-15(24)7-13-19(17(9)26)31-20-14(8-16(25)21(18(20)27)30-10(2)28)23(13)12-6-4-3-5-11(12)22(29)32-23/h3-8H,1-2H3. The fourth-order valence-corrected chi connectivity index (χ4v) is 6.67. The SMILES string of the molecule is CC(=O)Oc1c(Br)cc2c(c1Br)Oc1c(cc(Br)c(C)c1Br)C21OC(=O)c2ccccc21. The summed E-state index contributed by atoms with van der Waals surface area (Å²) in [5, 5.41) is 0. The summed E-state index contributed by atoms with van der Waals surface area (Å²) in [5.74, 6) is 0.278. The van der Waals surface area contributed by atoms with Crippen LogP contribution in [0.25, 0.3) is 0 Å². The highest BCUT2D eigenvalue weighted by molar-refractivity contribution is 9.11. The van der Waals surface area contributed by atoms with Crippen LogP contribution in [0.3, 0.4) is 0 Å². The third kappa shape index (κ3) is 2.97. The van der Waals surface area contributed by atoms with Crippen molar-refractivity contribution in [2.45, 2.75) is 19.4 Å². The second-order valence-electron chi connectivity index (χ2n) is 7.36. The smallest absolute Gasteiger partial charge is 0.340 e. The Morgan fingerprint density at radius 2 is 1.56 bits per heavy atom. The van der Waals surface area contributed by atoms with E-state index in [1.807, 2.05) is 25.1 Å². The van der Waals surface area contributed by atoms with Gasteiger partial charge in [0.25, 0.3) is 0 Å². The van der Waals surface area contributed by atoms with Gasteiger partial charge in [-0.05, 0) is 78.5 Å². The van der Waals surface area contributed by atoms with Crippen molar-refractivity contribution in [2.24, 2.45) is 0 Å². The zero-order valence-electron chi connectivity index (χ0n) is 16.5. The monoisotopic (exact) mass is 684 g/mol. The summed E-state index contributed by atoms with van der Waals surface area (Å²) in [6.07, 6.45) is 0. The quantitative estimate of drug-likeness (QED) is 0.196. The van der Waals surface area contributed by atoms with Gasteiger partial charge in [-0.25, -0.2) is 4.79 Å². The second-order valence-corrected chi connectivity index (χ2v) is 10.7. The van der Waals surface area contributed by atoms with Crippen molar-refractivity contribution >= 4 is 75.7 Å². The van der Waals surface area contributed by atoms with E-state index in [1.165, 1.54) is 6.92 Å². The van der Waals surface area contributed by atoms with Crippen LogP contribution in [0.4, 0.5) is 0 Å². The van der Waals surface area contributed by atoms with Gasteiger partial charge < -0.3 is 14.2 Å². The summed E-state index contributed by atoms with van der Waals surface area (Å²) in [7, 11) is 0. The minimum absolute atomic E-state index is 0.275. The topological polar surface area (TPSA) is 61.8 Å². The molecule has 0 aromatic heterocycles. The number of hydrogen-bond donors (Lipinski definition) is 0. The maximum Gasteiger partial charge on any atom is 0.340 e. The molecule has 0 amide bonds. The van der Waals surface area contributed by atoms with Crippen molar-refractivity contribution in [2.75, 3.05) is 0 Å². The van der Waals surface area contributed by atoms with Crippen LogP contribution in [0.15, 0.2) is 54.3 Å². The van der Waals surface area contributed by atoms with Crippen molar-refractivity contribution in [3.63, 3.8) is 0 Å². The minimum atomic E-state index is -1.25. The Bertz CT molecular complexity index is 1370. The van der Waals surface area contributed by atoms with Crippen molar-refractivity contribution in [3.05, 3.63) is 82.1 Å². The van der Waals surface area contributed by atoms with E-state index in [1.54, 1.807) is 18.2 Å². The molecule has 0 radical (unpaired) electrons. The Labute approximate surface area is 216 Å². The van der Waals surface area contributed by atoms with E-state index in [-0.39, 0.29) is 5.75 Å². The van der Waals surface area contributed by atoms with Crippen molar-refractivity contribution < 1.29 is 23.8 Å². The minimum Gasteiger partial charge on any atom is -0.454 e. The molecular weight excluding hydrogens is 676 g/mol. The number of carbonyl (C=O) groups is 2. The van der Waals surface area contributed by atoms with E-state index in [2.05, 4.69) is 63.7 Å². The molecule has 3 aromatic rings. The molecule has 162 valence electrons. The molecule has 2 heterocycles. The molecule has 32 heavy (non-hydrogen) atoms. The molecule has 2 aliphatic heterocycles. The summed E-state index contributed by atoms with van der Waals surface area (Å²) >= 11 is 14.3. The molecule has 0 bridgehead atoms. The molecule has 5 rings (SSSR count). The summed E-state index contributed by atoms with van der Waals surface area (Å²) in [6, 6.07) is 11.0. The van der Waals surface area contributed by atoms with Gasteiger partial charge in [0, 0.05) is 22.5 Å². The maximum absolute atomic E-state index is 13.0. The lowest BCUT2D eigenvalue weighted by Gasteiger charge is -2.38. The van der Waals surface area contributed by atoms with Gasteiger partial charge in [0.05, 0.1) is 20.1 Å². The van der Waals surface area contributed by atoms with Crippen LogP contribution < -0.4 is 9.47 Å². The van der Waals surface area contributed by atoms with E-state index in [0.29, 0.717) is 42.7 Å². The first-order valence-electron chi connectivity index (χ1n) is 9.37. The van der Waals surface area contributed by atoms with E-state index >= 15 is 0 Å². The van der Waals surface area contributed by atoms with Crippen LogP contribution >= 0.6 is 63.7 Å². The number of carbonyl (C=O) groups excluding carboxylic acids is 2. The number of fused-ring (bicyclic) bond motifs is 6. The molecule has 1 atom stereocenters. The number of hydrogen-bond acceptors (Lipinski definition) is 5. The Morgan fingerprint density at radius 3 is 2.25 bits per heavy atom. The predicted molar refractivity (Wildman–Crippen MR) is 132 cm³/mol. The van der Waals surface area contributed by atoms with E-state index in [9.17, 15) is 9.59 Å². The molecule has 0 saturated heterocycles. The Kier molecular flexibility index (Phi) is 5.31. The summed E-state index contributed by atoms with van der Waals surface area (Å²) in [5.41, 5.74) is 2.13. The number of benzene rings is 3. The zero-order chi connectivity index (χ0) is 22.9. The van der Waals surface area contributed by atoms with E-state index in [4.69, 9.17) is 14.2 Å². The van der Waals surface area contributed by atoms with Gasteiger partial charge in [0.2, 0.25) is 0 Å².